The van der Waals surface area contributed by atoms with Gasteiger partial charge < -0.3 is 0 Å². The summed E-state index contributed by atoms with van der Waals surface area (Å²) in [5.74, 6) is 0. The molecule has 24 valence electrons. The average molecular weight is 76.1 g/mol. The monoisotopic (exact) mass is 76.0 g/mol. The fraction of sp³-hybridized carbons (Fsp3) is 1.00. The standard InChI is InChI=1S/CH4O2Si/c1-4-2-3-4/h4H,1H3. The first-order chi connectivity index (χ1) is 1.89. The topological polar surface area (TPSA) is 25.1 Å². The van der Waals surface area contributed by atoms with Crippen LogP contribution in [-0.2, 0) is 9.15 Å². The Bertz CT molecular complexity index is 25.2. The maximum absolute atomic E-state index is 4.35. The second-order valence-electron chi connectivity index (χ2n) is 0.760. The molecule has 0 unspecified atom stereocenters. The minimum Gasteiger partial charge on any atom is -0.261 e. The largest absolute Gasteiger partial charge is 0.390 e. The van der Waals surface area contributed by atoms with Crippen molar-refractivity contribution in [1.29, 1.82) is 0 Å². The summed E-state index contributed by atoms with van der Waals surface area (Å²) in [5.41, 5.74) is 0. The first-order valence-corrected chi connectivity index (χ1v) is 3.31. The van der Waals surface area contributed by atoms with Crippen LogP contribution in [0.5, 0.6) is 0 Å². The van der Waals surface area contributed by atoms with E-state index in [0.29, 0.717) is 0 Å². The maximum atomic E-state index is 4.35. The fourth-order valence-corrected chi connectivity index (χ4v) is 0.500. The zero-order valence-electron chi connectivity index (χ0n) is 2.39. The predicted molar refractivity (Wildman–Crippen MR) is 15.2 cm³/mol. The van der Waals surface area contributed by atoms with Gasteiger partial charge in [-0.1, -0.05) is 0 Å². The van der Waals surface area contributed by atoms with E-state index in [1.54, 1.807) is 0 Å². The Labute approximate surface area is 26.1 Å². The van der Waals surface area contributed by atoms with Gasteiger partial charge in [0.1, 0.15) is 0 Å². The molecule has 1 saturated heterocycles. The molecular formula is CH4O2Si. The van der Waals surface area contributed by atoms with Gasteiger partial charge in [-0.2, -0.15) is 0 Å². The molecule has 0 aromatic heterocycles. The molecule has 1 aliphatic rings. The minimum absolute atomic E-state index is 0.889. The van der Waals surface area contributed by atoms with Crippen LogP contribution in [0.25, 0.3) is 0 Å². The Balaban J connectivity index is 2.17. The Morgan fingerprint density at radius 2 is 1.75 bits per heavy atom. The molecule has 0 aromatic rings. The molecule has 0 radical (unpaired) electrons. The van der Waals surface area contributed by atoms with Gasteiger partial charge in [-0.3, -0.25) is 9.15 Å². The van der Waals surface area contributed by atoms with Crippen LogP contribution < -0.4 is 0 Å². The molecule has 1 heterocycles. The van der Waals surface area contributed by atoms with E-state index in [9.17, 15) is 0 Å². The summed E-state index contributed by atoms with van der Waals surface area (Å²) in [5, 5.41) is 0. The quantitative estimate of drug-likeness (QED) is 0.227. The Morgan fingerprint density at radius 1 is 1.50 bits per heavy atom. The SMILES string of the molecule is C[SiH]1OO1. The first kappa shape index (κ1) is 2.38. The van der Waals surface area contributed by atoms with Crippen molar-refractivity contribution in [1.82, 2.24) is 0 Å². The molecule has 0 saturated carbocycles. The zero-order valence-corrected chi connectivity index (χ0v) is 3.55. The van der Waals surface area contributed by atoms with Gasteiger partial charge in [0, 0.05) is 0 Å². The third-order valence-electron chi connectivity index (χ3n) is 0.289. The predicted octanol–water partition coefficient (Wildman–Crippen LogP) is -0.202. The third kappa shape index (κ3) is 0.281. The van der Waals surface area contributed by atoms with Gasteiger partial charge in [0.25, 0.3) is 0 Å². The Morgan fingerprint density at radius 3 is 1.75 bits per heavy atom. The fourth-order valence-electron chi connectivity index (χ4n) is 0.0556. The molecular weight excluding hydrogens is 72.1 g/mol. The normalized spacial score (nSPS) is 26.2. The van der Waals surface area contributed by atoms with Crippen molar-refractivity contribution in [2.45, 2.75) is 6.55 Å². The highest BCUT2D eigenvalue weighted by Gasteiger charge is 2.20. The van der Waals surface area contributed by atoms with Crippen LogP contribution in [0.3, 0.4) is 0 Å². The van der Waals surface area contributed by atoms with Crippen LogP contribution in [0.4, 0.5) is 0 Å². The van der Waals surface area contributed by atoms with Gasteiger partial charge in [0.2, 0.25) is 0 Å². The Kier molecular flexibility index (Phi) is 0.323. The van der Waals surface area contributed by atoms with Gasteiger partial charge in [0.05, 0.1) is 0 Å². The summed E-state index contributed by atoms with van der Waals surface area (Å²) in [4.78, 5) is 0. The van der Waals surface area contributed by atoms with Crippen molar-refractivity contribution in [3.63, 3.8) is 0 Å². The minimum atomic E-state index is -0.889. The van der Waals surface area contributed by atoms with Gasteiger partial charge in [-0.25, -0.2) is 0 Å². The summed E-state index contributed by atoms with van der Waals surface area (Å²) in [6.45, 7) is 1.97. The molecule has 1 aliphatic heterocycles. The van der Waals surface area contributed by atoms with E-state index in [-0.39, 0.29) is 0 Å². The Hall–Kier alpha value is 0.137. The summed E-state index contributed by atoms with van der Waals surface area (Å²) in [6, 6.07) is 0. The van der Waals surface area contributed by atoms with Crippen LogP contribution in [0.1, 0.15) is 0 Å². The molecule has 0 atom stereocenters. The van der Waals surface area contributed by atoms with E-state index in [0.717, 1.165) is 0 Å². The van der Waals surface area contributed by atoms with Crippen molar-refractivity contribution in [2.24, 2.45) is 0 Å². The molecule has 0 bridgehead atoms. The van der Waals surface area contributed by atoms with E-state index in [1.165, 1.54) is 0 Å². The maximum Gasteiger partial charge on any atom is 0.390 e. The van der Waals surface area contributed by atoms with Crippen LogP contribution in [-0.4, -0.2) is 9.28 Å². The van der Waals surface area contributed by atoms with E-state index in [1.807, 2.05) is 6.55 Å². The highest BCUT2D eigenvalue weighted by molar-refractivity contribution is 6.47. The highest BCUT2D eigenvalue weighted by atomic mass is 28.3. The van der Waals surface area contributed by atoms with Crippen molar-refractivity contribution in [2.75, 3.05) is 0 Å². The van der Waals surface area contributed by atoms with Crippen molar-refractivity contribution < 1.29 is 9.15 Å². The van der Waals surface area contributed by atoms with Gasteiger partial charge in [-0.05, 0) is 6.55 Å². The highest BCUT2D eigenvalue weighted by Crippen LogP contribution is 2.02. The molecule has 0 amide bonds. The molecule has 0 spiro atoms. The second-order valence-corrected chi connectivity index (χ2v) is 2.28. The average Bonchev–Trinajstić information content (AvgIpc) is 1.75. The van der Waals surface area contributed by atoms with Crippen LogP contribution in [0, 0.1) is 0 Å². The van der Waals surface area contributed by atoms with Crippen molar-refractivity contribution in [3.8, 4) is 0 Å². The summed E-state index contributed by atoms with van der Waals surface area (Å²) in [7, 11) is -0.889. The van der Waals surface area contributed by atoms with Crippen LogP contribution in [0.2, 0.25) is 6.55 Å². The molecule has 0 aromatic carbocycles. The van der Waals surface area contributed by atoms with Crippen molar-refractivity contribution >= 4 is 9.28 Å². The molecule has 0 N–H and O–H groups in total. The molecule has 1 fully saturated rings. The molecule has 4 heavy (non-hydrogen) atoms. The van der Waals surface area contributed by atoms with Crippen LogP contribution in [0.15, 0.2) is 0 Å². The van der Waals surface area contributed by atoms with Crippen molar-refractivity contribution in [3.05, 3.63) is 0 Å². The molecule has 0 aliphatic carbocycles. The third-order valence-corrected chi connectivity index (χ3v) is 0.866. The van der Waals surface area contributed by atoms with Gasteiger partial charge >= 0.3 is 9.28 Å². The lowest BCUT2D eigenvalue weighted by atomic mass is 11.9. The van der Waals surface area contributed by atoms with Gasteiger partial charge in [0.15, 0.2) is 0 Å². The number of hydrogen-bond donors (Lipinski definition) is 0. The van der Waals surface area contributed by atoms with E-state index >= 15 is 0 Å². The van der Waals surface area contributed by atoms with Gasteiger partial charge in [-0.15, -0.1) is 0 Å². The second kappa shape index (κ2) is 0.543. The number of hydrogen-bond acceptors (Lipinski definition) is 2. The molecule has 3 heteroatoms. The summed E-state index contributed by atoms with van der Waals surface area (Å²) in [6.07, 6.45) is 0. The molecule has 1 rings (SSSR count). The lowest BCUT2D eigenvalue weighted by Gasteiger charge is -1.33. The smallest absolute Gasteiger partial charge is 0.261 e. The first-order valence-electron chi connectivity index (χ1n) is 1.22. The lowest BCUT2D eigenvalue weighted by molar-refractivity contribution is 0.0850. The van der Waals surface area contributed by atoms with Crippen LogP contribution >= 0.6 is 0 Å². The lowest BCUT2D eigenvalue weighted by Crippen LogP contribution is -1.68. The van der Waals surface area contributed by atoms with E-state index in [4.69, 9.17) is 0 Å². The summed E-state index contributed by atoms with van der Waals surface area (Å²) < 4.78 is 8.69. The molecule has 2 nitrogen and oxygen atoms in total. The zero-order chi connectivity index (χ0) is 2.99. The number of rotatable bonds is 0. The summed E-state index contributed by atoms with van der Waals surface area (Å²) >= 11 is 0. The van der Waals surface area contributed by atoms with E-state index < -0.39 is 9.28 Å². The van der Waals surface area contributed by atoms with E-state index in [2.05, 4.69) is 9.15 Å².